The molecule has 0 saturated heterocycles. The molecule has 134 valence electrons. The summed E-state index contributed by atoms with van der Waals surface area (Å²) in [6, 6.07) is 11.0. The van der Waals surface area contributed by atoms with Crippen LogP contribution in [0.4, 0.5) is 4.39 Å². The van der Waals surface area contributed by atoms with Crippen molar-refractivity contribution in [2.75, 3.05) is 20.0 Å². The summed E-state index contributed by atoms with van der Waals surface area (Å²) >= 11 is 1.15. The van der Waals surface area contributed by atoms with Crippen LogP contribution in [-0.4, -0.2) is 46.0 Å². The Balaban J connectivity index is 1.76. The van der Waals surface area contributed by atoms with Crippen LogP contribution in [-0.2, 0) is 0 Å². The molecule has 0 fully saturated rings. The first-order valence-electron chi connectivity index (χ1n) is 7.54. The molecule has 0 amide bonds. The Labute approximate surface area is 153 Å². The normalized spacial score (nSPS) is 10.6. The third-order valence-corrected chi connectivity index (χ3v) is 4.47. The van der Waals surface area contributed by atoms with Gasteiger partial charge in [0.05, 0.1) is 31.2 Å². The standard InChI is InChI=1S/C17H15FN4O3S/c1-24-13-6-4-12(5-7-13)22-17(19-20-21-22)26-10-15(23)14-9-11(18)3-8-16(14)25-2/h3-9H,10H2,1-2H3. The number of ketones is 1. The van der Waals surface area contributed by atoms with Crippen LogP contribution in [0.3, 0.4) is 0 Å². The molecule has 0 spiro atoms. The number of ether oxygens (including phenoxy) is 2. The smallest absolute Gasteiger partial charge is 0.214 e. The van der Waals surface area contributed by atoms with Crippen molar-refractivity contribution in [2.45, 2.75) is 5.16 Å². The van der Waals surface area contributed by atoms with E-state index in [0.717, 1.165) is 23.5 Å². The number of carbonyl (C=O) groups excluding carboxylic acids is 1. The molecule has 2 aromatic carbocycles. The van der Waals surface area contributed by atoms with E-state index in [2.05, 4.69) is 15.5 Å². The van der Waals surface area contributed by atoms with E-state index in [9.17, 15) is 9.18 Å². The maximum atomic E-state index is 13.4. The molecule has 3 rings (SSSR count). The highest BCUT2D eigenvalue weighted by Gasteiger charge is 2.16. The molecule has 0 unspecified atom stereocenters. The molecule has 0 bridgehead atoms. The second kappa shape index (κ2) is 7.96. The van der Waals surface area contributed by atoms with Crippen LogP contribution in [0.25, 0.3) is 5.69 Å². The number of hydrogen-bond donors (Lipinski definition) is 0. The number of benzene rings is 2. The minimum absolute atomic E-state index is 0.0380. The summed E-state index contributed by atoms with van der Waals surface area (Å²) < 4.78 is 25.2. The van der Waals surface area contributed by atoms with Gasteiger partial charge in [-0.05, 0) is 52.9 Å². The maximum absolute atomic E-state index is 13.4. The van der Waals surface area contributed by atoms with Crippen molar-refractivity contribution in [2.24, 2.45) is 0 Å². The fraction of sp³-hybridized carbons (Fsp3) is 0.176. The summed E-state index contributed by atoms with van der Waals surface area (Å²) in [6.45, 7) is 0. The number of Topliss-reactive ketones (excluding diaryl/α,β-unsaturated/α-hetero) is 1. The molecular formula is C17H15FN4O3S. The van der Waals surface area contributed by atoms with Crippen molar-refractivity contribution in [3.8, 4) is 17.2 Å². The van der Waals surface area contributed by atoms with E-state index < -0.39 is 5.82 Å². The van der Waals surface area contributed by atoms with Crippen LogP contribution in [0, 0.1) is 5.82 Å². The number of rotatable bonds is 7. The molecule has 1 heterocycles. The highest BCUT2D eigenvalue weighted by molar-refractivity contribution is 7.99. The zero-order valence-electron chi connectivity index (χ0n) is 14.0. The van der Waals surface area contributed by atoms with E-state index in [-0.39, 0.29) is 17.1 Å². The molecule has 26 heavy (non-hydrogen) atoms. The Hall–Kier alpha value is -2.94. The quantitative estimate of drug-likeness (QED) is 0.465. The van der Waals surface area contributed by atoms with Gasteiger partial charge in [0.2, 0.25) is 5.16 Å². The van der Waals surface area contributed by atoms with Gasteiger partial charge in [-0.25, -0.2) is 4.39 Å². The topological polar surface area (TPSA) is 79.1 Å². The fourth-order valence-electron chi connectivity index (χ4n) is 2.26. The van der Waals surface area contributed by atoms with Gasteiger partial charge in [0.1, 0.15) is 17.3 Å². The summed E-state index contributed by atoms with van der Waals surface area (Å²) in [4.78, 5) is 12.4. The van der Waals surface area contributed by atoms with Crippen molar-refractivity contribution in [3.63, 3.8) is 0 Å². The largest absolute Gasteiger partial charge is 0.497 e. The zero-order valence-corrected chi connectivity index (χ0v) is 14.9. The third-order valence-electron chi connectivity index (χ3n) is 3.55. The van der Waals surface area contributed by atoms with Crippen LogP contribution in [0.1, 0.15) is 10.4 Å². The molecule has 0 radical (unpaired) electrons. The first-order chi connectivity index (χ1) is 12.6. The molecule has 0 aliphatic carbocycles. The van der Waals surface area contributed by atoms with Crippen LogP contribution in [0.2, 0.25) is 0 Å². The molecule has 1 aromatic heterocycles. The molecule has 7 nitrogen and oxygen atoms in total. The molecule has 9 heteroatoms. The maximum Gasteiger partial charge on any atom is 0.214 e. The number of aromatic nitrogens is 4. The molecule has 0 saturated carbocycles. The van der Waals surface area contributed by atoms with Crippen LogP contribution >= 0.6 is 11.8 Å². The highest BCUT2D eigenvalue weighted by Crippen LogP contribution is 2.24. The average Bonchev–Trinajstić information content (AvgIpc) is 3.14. The number of methoxy groups -OCH3 is 2. The monoisotopic (exact) mass is 374 g/mol. The molecule has 3 aromatic rings. The molecule has 0 aliphatic rings. The lowest BCUT2D eigenvalue weighted by atomic mass is 10.1. The molecule has 0 atom stereocenters. The third kappa shape index (κ3) is 3.83. The second-order valence-electron chi connectivity index (χ2n) is 5.13. The Kier molecular flexibility index (Phi) is 5.47. The summed E-state index contributed by atoms with van der Waals surface area (Å²) in [7, 11) is 3.01. The summed E-state index contributed by atoms with van der Waals surface area (Å²) in [5.74, 6) is 0.296. The SMILES string of the molecule is COc1ccc(-n2nnnc2SCC(=O)c2cc(F)ccc2OC)cc1. The van der Waals surface area contributed by atoms with Gasteiger partial charge in [0.25, 0.3) is 0 Å². The number of thioether (sulfide) groups is 1. The van der Waals surface area contributed by atoms with E-state index in [4.69, 9.17) is 9.47 Å². The fourth-order valence-corrected chi connectivity index (χ4v) is 3.03. The summed E-state index contributed by atoms with van der Waals surface area (Å²) in [5.41, 5.74) is 0.914. The Morgan fingerprint density at radius 1 is 1.15 bits per heavy atom. The lowest BCUT2D eigenvalue weighted by Crippen LogP contribution is -2.07. The molecule has 0 N–H and O–H groups in total. The van der Waals surface area contributed by atoms with Crippen molar-refractivity contribution >= 4 is 17.5 Å². The lowest BCUT2D eigenvalue weighted by Gasteiger charge is -2.08. The van der Waals surface area contributed by atoms with Gasteiger partial charge in [0.15, 0.2) is 5.78 Å². The van der Waals surface area contributed by atoms with Gasteiger partial charge < -0.3 is 9.47 Å². The predicted octanol–water partition coefficient (Wildman–Crippen LogP) is 2.79. The molecule has 0 aliphatic heterocycles. The first-order valence-corrected chi connectivity index (χ1v) is 8.53. The van der Waals surface area contributed by atoms with Crippen LogP contribution in [0.15, 0.2) is 47.6 Å². The second-order valence-corrected chi connectivity index (χ2v) is 6.07. The van der Waals surface area contributed by atoms with Crippen molar-refractivity contribution in [1.82, 2.24) is 20.2 Å². The number of carbonyl (C=O) groups is 1. The molecular weight excluding hydrogens is 359 g/mol. The summed E-state index contributed by atoms with van der Waals surface area (Å²) in [5, 5.41) is 12.0. The number of hydrogen-bond acceptors (Lipinski definition) is 7. The summed E-state index contributed by atoms with van der Waals surface area (Å²) in [6.07, 6.45) is 0. The van der Waals surface area contributed by atoms with Crippen molar-refractivity contribution in [3.05, 3.63) is 53.8 Å². The van der Waals surface area contributed by atoms with E-state index in [1.807, 2.05) is 0 Å². The van der Waals surface area contributed by atoms with Gasteiger partial charge in [-0.2, -0.15) is 4.68 Å². The van der Waals surface area contributed by atoms with Crippen molar-refractivity contribution < 1.29 is 18.7 Å². The van der Waals surface area contributed by atoms with Crippen LogP contribution < -0.4 is 9.47 Å². The number of halogens is 1. The number of nitrogens with zero attached hydrogens (tertiary/aromatic N) is 4. The lowest BCUT2D eigenvalue weighted by molar-refractivity contribution is 0.101. The van der Waals surface area contributed by atoms with Gasteiger partial charge in [-0.15, -0.1) is 5.10 Å². The minimum atomic E-state index is -0.498. The van der Waals surface area contributed by atoms with Crippen LogP contribution in [0.5, 0.6) is 11.5 Å². The van der Waals surface area contributed by atoms with E-state index >= 15 is 0 Å². The average molecular weight is 374 g/mol. The highest BCUT2D eigenvalue weighted by atomic mass is 32.2. The van der Waals surface area contributed by atoms with Crippen molar-refractivity contribution in [1.29, 1.82) is 0 Å². The Morgan fingerprint density at radius 2 is 1.92 bits per heavy atom. The van der Waals surface area contributed by atoms with Gasteiger partial charge in [-0.1, -0.05) is 11.8 Å². The number of tetrazole rings is 1. The predicted molar refractivity (Wildman–Crippen MR) is 93.7 cm³/mol. The van der Waals surface area contributed by atoms with Gasteiger partial charge in [-0.3, -0.25) is 4.79 Å². The van der Waals surface area contributed by atoms with E-state index in [0.29, 0.717) is 16.7 Å². The zero-order chi connectivity index (χ0) is 18.5. The Morgan fingerprint density at radius 3 is 2.62 bits per heavy atom. The van der Waals surface area contributed by atoms with Gasteiger partial charge in [0, 0.05) is 0 Å². The van der Waals surface area contributed by atoms with E-state index in [1.165, 1.54) is 23.9 Å². The Bertz CT molecular complexity index is 915. The first kappa shape index (κ1) is 17.9. The minimum Gasteiger partial charge on any atom is -0.497 e. The van der Waals surface area contributed by atoms with Gasteiger partial charge >= 0.3 is 0 Å². The van der Waals surface area contributed by atoms with E-state index in [1.54, 1.807) is 31.4 Å².